The second-order valence-corrected chi connectivity index (χ2v) is 7.18. The van der Waals surface area contributed by atoms with E-state index >= 15 is 0 Å². The fourth-order valence-electron chi connectivity index (χ4n) is 1.87. The van der Waals surface area contributed by atoms with Crippen LogP contribution in [0.3, 0.4) is 0 Å². The summed E-state index contributed by atoms with van der Waals surface area (Å²) in [7, 11) is 0. The third kappa shape index (κ3) is 6.73. The Labute approximate surface area is 147 Å². The summed E-state index contributed by atoms with van der Waals surface area (Å²) < 4.78 is 13.2. The van der Waals surface area contributed by atoms with E-state index in [4.69, 9.17) is 54.5 Å². The molecule has 1 fully saturated rings. The summed E-state index contributed by atoms with van der Waals surface area (Å²) in [6.45, 7) is -1.63. The van der Waals surface area contributed by atoms with Gasteiger partial charge in [-0.25, -0.2) is 4.79 Å². The molecule has 1 aliphatic rings. The Bertz CT molecular complexity index is 383. The quantitative estimate of drug-likeness (QED) is 0.356. The molecule has 12 heteroatoms. The molecule has 5 atom stereocenters. The van der Waals surface area contributed by atoms with E-state index in [1.54, 1.807) is 0 Å². The van der Waals surface area contributed by atoms with Crippen LogP contribution in [0, 0.1) is 0 Å². The SMILES string of the molecule is O=C(N[C@H]1[C@@H](OCCO)O[C@H](CO)[C@@H](O)[C@@H]1O)OCC(Cl)(Cl)Cl. The maximum absolute atomic E-state index is 11.7. The number of alkyl carbamates (subject to hydrolysis) is 1. The summed E-state index contributed by atoms with van der Waals surface area (Å²) in [5.41, 5.74) is 0. The van der Waals surface area contributed by atoms with Crippen LogP contribution in [0.1, 0.15) is 0 Å². The van der Waals surface area contributed by atoms with Crippen LogP contribution in [0.25, 0.3) is 0 Å². The average Bonchev–Trinajstić information content (AvgIpc) is 2.48. The summed E-state index contributed by atoms with van der Waals surface area (Å²) >= 11 is 16.3. The zero-order chi connectivity index (χ0) is 17.6. The lowest BCUT2D eigenvalue weighted by Gasteiger charge is -2.41. The van der Waals surface area contributed by atoms with Crippen LogP contribution in [0.15, 0.2) is 0 Å². The molecule has 5 N–H and O–H groups in total. The topological polar surface area (TPSA) is 138 Å². The van der Waals surface area contributed by atoms with E-state index in [-0.39, 0.29) is 13.2 Å². The van der Waals surface area contributed by atoms with E-state index < -0.39 is 53.7 Å². The van der Waals surface area contributed by atoms with Crippen molar-refractivity contribution < 1.29 is 39.4 Å². The van der Waals surface area contributed by atoms with Crippen molar-refractivity contribution in [3.8, 4) is 0 Å². The first-order valence-electron chi connectivity index (χ1n) is 6.54. The van der Waals surface area contributed by atoms with Gasteiger partial charge in [-0.2, -0.15) is 0 Å². The van der Waals surface area contributed by atoms with Crippen LogP contribution in [-0.2, 0) is 14.2 Å². The van der Waals surface area contributed by atoms with E-state index in [0.29, 0.717) is 0 Å². The molecule has 9 nitrogen and oxygen atoms in total. The van der Waals surface area contributed by atoms with Gasteiger partial charge in [-0.3, -0.25) is 0 Å². The number of aliphatic hydroxyl groups is 4. The van der Waals surface area contributed by atoms with Crippen molar-refractivity contribution in [2.75, 3.05) is 26.4 Å². The van der Waals surface area contributed by atoms with E-state index in [0.717, 1.165) is 0 Å². The van der Waals surface area contributed by atoms with Crippen molar-refractivity contribution in [3.63, 3.8) is 0 Å². The number of aliphatic hydroxyl groups excluding tert-OH is 4. The second kappa shape index (κ2) is 9.40. The number of hydrogen-bond donors (Lipinski definition) is 5. The van der Waals surface area contributed by atoms with Gasteiger partial charge in [0.1, 0.15) is 31.0 Å². The summed E-state index contributed by atoms with van der Waals surface area (Å²) in [4.78, 5) is 11.7. The monoisotopic (exact) mass is 397 g/mol. The maximum Gasteiger partial charge on any atom is 0.407 e. The molecule has 1 amide bonds. The van der Waals surface area contributed by atoms with Crippen molar-refractivity contribution in [2.24, 2.45) is 0 Å². The van der Waals surface area contributed by atoms with Gasteiger partial charge in [0.25, 0.3) is 0 Å². The number of carbonyl (C=O) groups is 1. The first kappa shape index (κ1) is 20.9. The van der Waals surface area contributed by atoms with E-state index in [9.17, 15) is 15.0 Å². The molecule has 0 aromatic heterocycles. The van der Waals surface area contributed by atoms with Crippen molar-refractivity contribution in [3.05, 3.63) is 0 Å². The number of nitrogens with one attached hydrogen (secondary N) is 1. The summed E-state index contributed by atoms with van der Waals surface area (Å²) in [6.07, 6.45) is -6.41. The molecule has 0 bridgehead atoms. The van der Waals surface area contributed by atoms with Crippen LogP contribution in [0.4, 0.5) is 4.79 Å². The summed E-state index contributed by atoms with van der Waals surface area (Å²) in [5, 5.41) is 40.0. The van der Waals surface area contributed by atoms with E-state index in [1.807, 2.05) is 0 Å². The zero-order valence-corrected chi connectivity index (χ0v) is 14.0. The number of amides is 1. The van der Waals surface area contributed by atoms with Crippen LogP contribution in [0.2, 0.25) is 0 Å². The molecule has 0 radical (unpaired) electrons. The van der Waals surface area contributed by atoms with Crippen molar-refractivity contribution in [1.29, 1.82) is 0 Å². The Kier molecular flexibility index (Phi) is 8.56. The van der Waals surface area contributed by atoms with E-state index in [1.165, 1.54) is 0 Å². The lowest BCUT2D eigenvalue weighted by molar-refractivity contribution is -0.270. The van der Waals surface area contributed by atoms with Crippen LogP contribution in [-0.4, -0.2) is 87.4 Å². The molecular weight excluding hydrogens is 380 g/mol. The molecule has 23 heavy (non-hydrogen) atoms. The first-order valence-corrected chi connectivity index (χ1v) is 7.68. The smallest absolute Gasteiger partial charge is 0.407 e. The molecule has 1 rings (SSSR count). The third-order valence-corrected chi connectivity index (χ3v) is 3.23. The van der Waals surface area contributed by atoms with Crippen molar-refractivity contribution in [1.82, 2.24) is 5.32 Å². The Morgan fingerprint density at radius 3 is 2.39 bits per heavy atom. The molecule has 0 saturated carbocycles. The average molecular weight is 399 g/mol. The third-order valence-electron chi connectivity index (χ3n) is 2.91. The van der Waals surface area contributed by atoms with Gasteiger partial charge in [-0.15, -0.1) is 0 Å². The molecule has 0 aromatic rings. The Hall–Kier alpha value is -0.100. The zero-order valence-electron chi connectivity index (χ0n) is 11.8. The predicted octanol–water partition coefficient (Wildman–Crippen LogP) is -1.10. The lowest BCUT2D eigenvalue weighted by atomic mass is 9.97. The number of hydrogen-bond acceptors (Lipinski definition) is 8. The highest BCUT2D eigenvalue weighted by Crippen LogP contribution is 2.26. The molecule has 0 aliphatic carbocycles. The first-order chi connectivity index (χ1) is 10.7. The molecule has 0 aromatic carbocycles. The summed E-state index contributed by atoms with van der Waals surface area (Å²) in [6, 6.07) is -1.23. The molecule has 136 valence electrons. The Morgan fingerprint density at radius 1 is 1.22 bits per heavy atom. The minimum Gasteiger partial charge on any atom is -0.445 e. The standard InChI is InChI=1S/C11H18Cl3NO8/c12-11(13,14)4-22-10(20)15-6-8(19)7(18)5(3-17)23-9(6)21-2-1-16/h5-9,16-19H,1-4H2,(H,15,20)/t5-,6-,7-,8-,9+/m1/s1. The highest BCUT2D eigenvalue weighted by Gasteiger charge is 2.45. The van der Waals surface area contributed by atoms with Gasteiger partial charge in [-0.1, -0.05) is 34.8 Å². The van der Waals surface area contributed by atoms with Crippen LogP contribution in [0.5, 0.6) is 0 Å². The number of carbonyl (C=O) groups excluding carboxylic acids is 1. The highest BCUT2D eigenvalue weighted by molar-refractivity contribution is 6.67. The normalized spacial score (nSPS) is 31.7. The lowest BCUT2D eigenvalue weighted by Crippen LogP contribution is -2.65. The fourth-order valence-corrected chi connectivity index (χ4v) is 2.04. The molecule has 1 heterocycles. The van der Waals surface area contributed by atoms with Crippen LogP contribution < -0.4 is 5.32 Å². The van der Waals surface area contributed by atoms with Gasteiger partial charge in [-0.05, 0) is 0 Å². The largest absolute Gasteiger partial charge is 0.445 e. The number of rotatable bonds is 6. The summed E-state index contributed by atoms with van der Waals surface area (Å²) in [5.74, 6) is 0. The fraction of sp³-hybridized carbons (Fsp3) is 0.909. The van der Waals surface area contributed by atoms with Gasteiger partial charge in [0.05, 0.1) is 19.8 Å². The number of ether oxygens (including phenoxy) is 3. The molecule has 0 spiro atoms. The van der Waals surface area contributed by atoms with Gasteiger partial charge >= 0.3 is 6.09 Å². The minimum atomic E-state index is -1.81. The highest BCUT2D eigenvalue weighted by atomic mass is 35.6. The number of alkyl halides is 3. The number of halogens is 3. The Morgan fingerprint density at radius 2 is 1.87 bits per heavy atom. The molecule has 1 saturated heterocycles. The van der Waals surface area contributed by atoms with Gasteiger partial charge in [0.2, 0.25) is 3.79 Å². The minimum absolute atomic E-state index is 0.160. The molecule has 0 unspecified atom stereocenters. The Balaban J connectivity index is 2.71. The maximum atomic E-state index is 11.7. The van der Waals surface area contributed by atoms with Gasteiger partial charge in [0, 0.05) is 0 Å². The van der Waals surface area contributed by atoms with Gasteiger partial charge in [0.15, 0.2) is 6.29 Å². The van der Waals surface area contributed by atoms with Crippen molar-refractivity contribution >= 4 is 40.9 Å². The van der Waals surface area contributed by atoms with E-state index in [2.05, 4.69) is 10.1 Å². The molecular formula is C11H18Cl3NO8. The predicted molar refractivity (Wildman–Crippen MR) is 79.4 cm³/mol. The molecule has 1 aliphatic heterocycles. The van der Waals surface area contributed by atoms with Crippen molar-refractivity contribution in [2.45, 2.75) is 34.4 Å². The second-order valence-electron chi connectivity index (χ2n) is 4.66. The van der Waals surface area contributed by atoms with Crippen LogP contribution >= 0.6 is 34.8 Å². The van der Waals surface area contributed by atoms with Gasteiger partial charge < -0.3 is 40.0 Å².